The molecule has 0 saturated heterocycles. The van der Waals surface area contributed by atoms with Gasteiger partial charge in [0.15, 0.2) is 5.82 Å². The molecule has 1 saturated carbocycles. The number of rotatable bonds is 6. The second-order valence-electron chi connectivity index (χ2n) is 5.76. The van der Waals surface area contributed by atoms with Crippen LogP contribution in [0.1, 0.15) is 37.9 Å². The Morgan fingerprint density at radius 1 is 1.41 bits per heavy atom. The Balaban J connectivity index is 1.90. The van der Waals surface area contributed by atoms with Crippen LogP contribution in [0.3, 0.4) is 0 Å². The van der Waals surface area contributed by atoms with E-state index in [0.29, 0.717) is 5.76 Å². The van der Waals surface area contributed by atoms with Gasteiger partial charge < -0.3 is 9.84 Å². The number of carbonyl (C=O) groups excluding carboxylic acids is 1. The molecule has 1 amide bonds. The van der Waals surface area contributed by atoms with Gasteiger partial charge in [0.1, 0.15) is 5.76 Å². The molecule has 1 aliphatic carbocycles. The van der Waals surface area contributed by atoms with Crippen LogP contribution in [-0.4, -0.2) is 38.8 Å². The van der Waals surface area contributed by atoms with Crippen LogP contribution in [-0.2, 0) is 14.8 Å². The molecule has 0 atom stereocenters. The van der Waals surface area contributed by atoms with E-state index in [9.17, 15) is 13.2 Å². The first-order chi connectivity index (χ1) is 10.4. The van der Waals surface area contributed by atoms with Crippen molar-refractivity contribution in [3.63, 3.8) is 0 Å². The average Bonchev–Trinajstić information content (AvgIpc) is 2.89. The maximum Gasteiger partial charge on any atom is 0.233 e. The topological polar surface area (TPSA) is 92.5 Å². The highest BCUT2D eigenvalue weighted by atomic mass is 32.2. The van der Waals surface area contributed by atoms with Crippen molar-refractivity contribution >= 4 is 21.7 Å². The zero-order valence-corrected chi connectivity index (χ0v) is 13.9. The first-order valence-electron chi connectivity index (χ1n) is 7.56. The Labute approximate surface area is 131 Å². The smallest absolute Gasteiger partial charge is 0.233 e. The number of anilines is 1. The fourth-order valence-corrected chi connectivity index (χ4v) is 3.56. The molecule has 1 aromatic rings. The number of amides is 1. The molecule has 1 aromatic heterocycles. The fourth-order valence-electron chi connectivity index (χ4n) is 2.71. The molecular formula is C14H23N3O4S. The predicted molar refractivity (Wildman–Crippen MR) is 83.0 cm³/mol. The lowest BCUT2D eigenvalue weighted by Gasteiger charge is -2.22. The zero-order chi connectivity index (χ0) is 16.2. The Hall–Kier alpha value is -1.57. The van der Waals surface area contributed by atoms with E-state index in [2.05, 4.69) is 10.5 Å². The van der Waals surface area contributed by atoms with Crippen molar-refractivity contribution in [2.24, 2.45) is 5.92 Å². The molecule has 7 nitrogen and oxygen atoms in total. The van der Waals surface area contributed by atoms with Crippen LogP contribution in [0.2, 0.25) is 0 Å². The molecule has 1 N–H and O–H groups in total. The fraction of sp³-hybridized carbons (Fsp3) is 0.714. The van der Waals surface area contributed by atoms with Gasteiger partial charge in [-0.15, -0.1) is 0 Å². The summed E-state index contributed by atoms with van der Waals surface area (Å²) in [5.74, 6) is 0.862. The second kappa shape index (κ2) is 7.13. The van der Waals surface area contributed by atoms with Gasteiger partial charge in [0, 0.05) is 18.5 Å². The van der Waals surface area contributed by atoms with E-state index in [1.165, 1.54) is 6.42 Å². The number of sulfonamides is 1. The van der Waals surface area contributed by atoms with Crippen molar-refractivity contribution in [1.82, 2.24) is 10.5 Å². The van der Waals surface area contributed by atoms with Crippen LogP contribution in [0.25, 0.3) is 0 Å². The summed E-state index contributed by atoms with van der Waals surface area (Å²) >= 11 is 0. The summed E-state index contributed by atoms with van der Waals surface area (Å²) in [5.41, 5.74) is 0. The molecule has 0 bridgehead atoms. The van der Waals surface area contributed by atoms with Crippen LogP contribution in [0.15, 0.2) is 10.6 Å². The largest absolute Gasteiger partial charge is 0.360 e. The maximum atomic E-state index is 12.1. The maximum absolute atomic E-state index is 12.1. The highest BCUT2D eigenvalue weighted by Crippen LogP contribution is 2.23. The minimum Gasteiger partial charge on any atom is -0.360 e. The van der Waals surface area contributed by atoms with E-state index >= 15 is 0 Å². The van der Waals surface area contributed by atoms with Crippen LogP contribution in [0.4, 0.5) is 5.82 Å². The van der Waals surface area contributed by atoms with Crippen LogP contribution in [0, 0.1) is 12.8 Å². The zero-order valence-electron chi connectivity index (χ0n) is 13.0. The summed E-state index contributed by atoms with van der Waals surface area (Å²) in [4.78, 5) is 12.1. The van der Waals surface area contributed by atoms with Crippen molar-refractivity contribution in [2.75, 3.05) is 23.7 Å². The highest BCUT2D eigenvalue weighted by molar-refractivity contribution is 7.92. The second-order valence-corrected chi connectivity index (χ2v) is 7.66. The monoisotopic (exact) mass is 329 g/mol. The van der Waals surface area contributed by atoms with Gasteiger partial charge in [-0.05, 0) is 19.8 Å². The van der Waals surface area contributed by atoms with Crippen LogP contribution in [0.5, 0.6) is 0 Å². The minimum absolute atomic E-state index is 0.0180. The van der Waals surface area contributed by atoms with Gasteiger partial charge in [0.2, 0.25) is 15.9 Å². The lowest BCUT2D eigenvalue weighted by Crippen LogP contribution is -2.40. The quantitative estimate of drug-likeness (QED) is 0.852. The van der Waals surface area contributed by atoms with Crippen molar-refractivity contribution in [3.05, 3.63) is 11.8 Å². The van der Waals surface area contributed by atoms with Crippen molar-refractivity contribution in [2.45, 2.75) is 39.0 Å². The van der Waals surface area contributed by atoms with Gasteiger partial charge in [0.05, 0.1) is 12.8 Å². The van der Waals surface area contributed by atoms with E-state index < -0.39 is 10.0 Å². The van der Waals surface area contributed by atoms with Crippen molar-refractivity contribution in [1.29, 1.82) is 0 Å². The molecule has 0 spiro atoms. The number of hydrogen-bond donors (Lipinski definition) is 1. The van der Waals surface area contributed by atoms with Gasteiger partial charge in [-0.1, -0.05) is 24.4 Å². The van der Waals surface area contributed by atoms with E-state index in [1.807, 2.05) is 0 Å². The normalized spacial score (nSPS) is 16.5. The molecule has 0 aromatic carbocycles. The van der Waals surface area contributed by atoms with Crippen molar-refractivity contribution in [3.8, 4) is 0 Å². The number of aryl methyl sites for hydroxylation is 1. The summed E-state index contributed by atoms with van der Waals surface area (Å²) in [6.45, 7) is 2.10. The van der Waals surface area contributed by atoms with Gasteiger partial charge in [-0.25, -0.2) is 12.7 Å². The molecule has 22 heavy (non-hydrogen) atoms. The third-order valence-electron chi connectivity index (χ3n) is 3.86. The number of aromatic nitrogens is 1. The van der Waals surface area contributed by atoms with Gasteiger partial charge in [-0.2, -0.15) is 0 Å². The molecule has 0 radical (unpaired) electrons. The third kappa shape index (κ3) is 4.46. The summed E-state index contributed by atoms with van der Waals surface area (Å²) in [6, 6.07) is 1.56. The lowest BCUT2D eigenvalue weighted by atomic mass is 9.89. The summed E-state index contributed by atoms with van der Waals surface area (Å²) in [7, 11) is -3.47. The molecule has 2 rings (SSSR count). The Morgan fingerprint density at radius 2 is 2.09 bits per heavy atom. The number of carbonyl (C=O) groups is 1. The first-order valence-corrected chi connectivity index (χ1v) is 9.41. The van der Waals surface area contributed by atoms with Crippen LogP contribution < -0.4 is 9.62 Å². The molecule has 0 aliphatic heterocycles. The van der Waals surface area contributed by atoms with E-state index in [1.54, 1.807) is 13.0 Å². The van der Waals surface area contributed by atoms with Crippen molar-refractivity contribution < 1.29 is 17.7 Å². The standard InChI is InChI=1S/C14H23N3O4S/c1-11-10-13(16-21-11)17(22(2,19)20)9-8-15-14(18)12-6-4-3-5-7-12/h10,12H,3-9H2,1-2H3,(H,15,18). The number of nitrogens with zero attached hydrogens (tertiary/aromatic N) is 2. The number of hydrogen-bond acceptors (Lipinski definition) is 5. The highest BCUT2D eigenvalue weighted by Gasteiger charge is 2.23. The minimum atomic E-state index is -3.47. The first kappa shape index (κ1) is 16.8. The van der Waals surface area contributed by atoms with Crippen LogP contribution >= 0.6 is 0 Å². The Bertz CT molecular complexity index is 605. The molecule has 0 unspecified atom stereocenters. The third-order valence-corrected chi connectivity index (χ3v) is 5.03. The predicted octanol–water partition coefficient (Wildman–Crippen LogP) is 1.45. The van der Waals surface area contributed by atoms with Gasteiger partial charge >= 0.3 is 0 Å². The molecule has 1 heterocycles. The molecule has 1 aliphatic rings. The lowest BCUT2D eigenvalue weighted by molar-refractivity contribution is -0.125. The SMILES string of the molecule is Cc1cc(N(CCNC(=O)C2CCCCC2)S(C)(=O)=O)no1. The summed E-state index contributed by atoms with van der Waals surface area (Å²) < 4.78 is 29.8. The van der Waals surface area contributed by atoms with E-state index in [4.69, 9.17) is 4.52 Å². The Morgan fingerprint density at radius 3 is 2.64 bits per heavy atom. The average molecular weight is 329 g/mol. The summed E-state index contributed by atoms with van der Waals surface area (Å²) in [6.07, 6.45) is 6.32. The van der Waals surface area contributed by atoms with Gasteiger partial charge in [0.25, 0.3) is 0 Å². The molecular weight excluding hydrogens is 306 g/mol. The molecule has 1 fully saturated rings. The van der Waals surface area contributed by atoms with E-state index in [-0.39, 0.29) is 30.7 Å². The van der Waals surface area contributed by atoms with Gasteiger partial charge in [-0.3, -0.25) is 4.79 Å². The number of nitrogens with one attached hydrogen (secondary N) is 1. The summed E-state index contributed by atoms with van der Waals surface area (Å²) in [5, 5.41) is 6.56. The Kier molecular flexibility index (Phi) is 5.44. The molecule has 124 valence electrons. The molecule has 8 heteroatoms. The van der Waals surface area contributed by atoms with E-state index in [0.717, 1.165) is 36.2 Å².